The third kappa shape index (κ3) is 5.69. The Kier molecular flexibility index (Phi) is 5.88. The van der Waals surface area contributed by atoms with Crippen molar-refractivity contribution >= 4 is 6.09 Å². The van der Waals surface area contributed by atoms with Gasteiger partial charge in [0.15, 0.2) is 0 Å². The number of nitrogens with zero attached hydrogens (tertiary/aromatic N) is 1. The highest BCUT2D eigenvalue weighted by atomic mass is 16.6. The van der Waals surface area contributed by atoms with Crippen molar-refractivity contribution in [3.05, 3.63) is 0 Å². The SMILES string of the molecule is CC(C)(C)OC(=O)N1CCC(CNCCCO)C1. The molecule has 0 radical (unpaired) electrons. The molecular formula is C13H26N2O3. The van der Waals surface area contributed by atoms with Crippen molar-refractivity contribution in [2.24, 2.45) is 5.92 Å². The summed E-state index contributed by atoms with van der Waals surface area (Å²) in [6, 6.07) is 0. The zero-order chi connectivity index (χ0) is 13.6. The van der Waals surface area contributed by atoms with Crippen molar-refractivity contribution in [1.29, 1.82) is 0 Å². The van der Waals surface area contributed by atoms with Crippen molar-refractivity contribution in [3.8, 4) is 0 Å². The summed E-state index contributed by atoms with van der Waals surface area (Å²) in [5.41, 5.74) is -0.422. The summed E-state index contributed by atoms with van der Waals surface area (Å²) in [5, 5.41) is 12.0. The lowest BCUT2D eigenvalue weighted by Crippen LogP contribution is -2.36. The van der Waals surface area contributed by atoms with Gasteiger partial charge in [-0.05, 0) is 52.6 Å². The minimum absolute atomic E-state index is 0.208. The molecule has 1 fully saturated rings. The van der Waals surface area contributed by atoms with Gasteiger partial charge in [-0.1, -0.05) is 0 Å². The van der Waals surface area contributed by atoms with E-state index in [-0.39, 0.29) is 12.7 Å². The Bertz CT molecular complexity index is 263. The molecule has 1 saturated heterocycles. The third-order valence-corrected chi connectivity index (χ3v) is 2.88. The van der Waals surface area contributed by atoms with Crippen LogP contribution in [0.25, 0.3) is 0 Å². The number of likely N-dealkylation sites (tertiary alicyclic amines) is 1. The number of carbonyl (C=O) groups is 1. The Labute approximate surface area is 109 Å². The second-order valence-corrected chi connectivity index (χ2v) is 5.86. The molecule has 5 heteroatoms. The van der Waals surface area contributed by atoms with Gasteiger partial charge < -0.3 is 20.1 Å². The fourth-order valence-corrected chi connectivity index (χ4v) is 2.00. The van der Waals surface area contributed by atoms with Gasteiger partial charge in [0.25, 0.3) is 0 Å². The van der Waals surface area contributed by atoms with E-state index in [0.29, 0.717) is 5.92 Å². The Balaban J connectivity index is 2.22. The van der Waals surface area contributed by atoms with Gasteiger partial charge in [-0.15, -0.1) is 0 Å². The Morgan fingerprint density at radius 1 is 1.50 bits per heavy atom. The summed E-state index contributed by atoms with van der Waals surface area (Å²) < 4.78 is 5.35. The smallest absolute Gasteiger partial charge is 0.410 e. The summed E-state index contributed by atoms with van der Waals surface area (Å²) >= 11 is 0. The Morgan fingerprint density at radius 3 is 2.83 bits per heavy atom. The summed E-state index contributed by atoms with van der Waals surface area (Å²) in [7, 11) is 0. The molecule has 1 heterocycles. The van der Waals surface area contributed by atoms with Crippen molar-refractivity contribution in [2.45, 2.75) is 39.2 Å². The first-order chi connectivity index (χ1) is 8.42. The number of aliphatic hydroxyl groups excluding tert-OH is 1. The summed E-state index contributed by atoms with van der Waals surface area (Å²) in [5.74, 6) is 0.496. The second kappa shape index (κ2) is 6.95. The standard InChI is InChI=1S/C13H26N2O3/c1-13(2,3)18-12(17)15-7-5-11(10-15)9-14-6-4-8-16/h11,14,16H,4-10H2,1-3H3. The number of carbonyl (C=O) groups excluding carboxylic acids is 1. The van der Waals surface area contributed by atoms with Gasteiger partial charge in [0.1, 0.15) is 5.60 Å². The summed E-state index contributed by atoms with van der Waals surface area (Å²) in [6.07, 6.45) is 1.59. The van der Waals surface area contributed by atoms with Crippen LogP contribution in [0.3, 0.4) is 0 Å². The molecule has 0 aromatic rings. The van der Waals surface area contributed by atoms with E-state index in [4.69, 9.17) is 9.84 Å². The van der Waals surface area contributed by atoms with E-state index in [9.17, 15) is 4.79 Å². The van der Waals surface area contributed by atoms with Gasteiger partial charge in [0.05, 0.1) is 0 Å². The number of aliphatic hydroxyl groups is 1. The van der Waals surface area contributed by atoms with Crippen LogP contribution in [0, 0.1) is 5.92 Å². The van der Waals surface area contributed by atoms with Gasteiger partial charge in [-0.2, -0.15) is 0 Å². The van der Waals surface area contributed by atoms with E-state index in [1.165, 1.54) is 0 Å². The summed E-state index contributed by atoms with van der Waals surface area (Å²) in [6.45, 7) is 9.15. The zero-order valence-electron chi connectivity index (χ0n) is 11.7. The number of hydrogen-bond donors (Lipinski definition) is 2. The number of nitrogens with one attached hydrogen (secondary N) is 1. The molecule has 2 N–H and O–H groups in total. The lowest BCUT2D eigenvalue weighted by Gasteiger charge is -2.24. The van der Waals surface area contributed by atoms with Crippen molar-refractivity contribution in [1.82, 2.24) is 10.2 Å². The van der Waals surface area contributed by atoms with Crippen LogP contribution in [0.2, 0.25) is 0 Å². The van der Waals surface area contributed by atoms with E-state index in [1.807, 2.05) is 20.8 Å². The van der Waals surface area contributed by atoms with E-state index < -0.39 is 5.60 Å². The van der Waals surface area contributed by atoms with Crippen LogP contribution in [0.4, 0.5) is 4.79 Å². The third-order valence-electron chi connectivity index (χ3n) is 2.88. The van der Waals surface area contributed by atoms with E-state index >= 15 is 0 Å². The monoisotopic (exact) mass is 258 g/mol. The maximum Gasteiger partial charge on any atom is 0.410 e. The predicted molar refractivity (Wildman–Crippen MR) is 70.5 cm³/mol. The van der Waals surface area contributed by atoms with Crippen LogP contribution in [-0.4, -0.2) is 54.5 Å². The van der Waals surface area contributed by atoms with E-state index in [1.54, 1.807) is 4.90 Å². The number of amides is 1. The molecule has 1 unspecified atom stereocenters. The van der Waals surface area contributed by atoms with Gasteiger partial charge in [-0.3, -0.25) is 0 Å². The van der Waals surface area contributed by atoms with Gasteiger partial charge in [-0.25, -0.2) is 4.79 Å². The van der Waals surface area contributed by atoms with Crippen LogP contribution >= 0.6 is 0 Å². The number of hydrogen-bond acceptors (Lipinski definition) is 4. The highest BCUT2D eigenvalue weighted by molar-refractivity contribution is 5.68. The molecule has 0 saturated carbocycles. The molecule has 0 bridgehead atoms. The van der Waals surface area contributed by atoms with Crippen LogP contribution in [0.5, 0.6) is 0 Å². The average Bonchev–Trinajstić information content (AvgIpc) is 2.71. The number of ether oxygens (including phenoxy) is 1. The van der Waals surface area contributed by atoms with Crippen LogP contribution in [-0.2, 0) is 4.74 Å². The van der Waals surface area contributed by atoms with Crippen molar-refractivity contribution in [3.63, 3.8) is 0 Å². The lowest BCUT2D eigenvalue weighted by atomic mass is 10.1. The first-order valence-electron chi connectivity index (χ1n) is 6.72. The lowest BCUT2D eigenvalue weighted by molar-refractivity contribution is 0.0288. The second-order valence-electron chi connectivity index (χ2n) is 5.86. The van der Waals surface area contributed by atoms with Crippen molar-refractivity contribution < 1.29 is 14.6 Å². The van der Waals surface area contributed by atoms with Gasteiger partial charge in [0, 0.05) is 19.7 Å². The molecule has 0 aromatic carbocycles. The molecule has 1 aliphatic heterocycles. The predicted octanol–water partition coefficient (Wildman–Crippen LogP) is 1.22. The molecule has 18 heavy (non-hydrogen) atoms. The fourth-order valence-electron chi connectivity index (χ4n) is 2.00. The minimum atomic E-state index is -0.422. The Hall–Kier alpha value is -0.810. The molecule has 0 aliphatic carbocycles. The molecule has 0 spiro atoms. The van der Waals surface area contributed by atoms with Crippen molar-refractivity contribution in [2.75, 3.05) is 32.8 Å². The zero-order valence-corrected chi connectivity index (χ0v) is 11.7. The Morgan fingerprint density at radius 2 is 2.22 bits per heavy atom. The molecule has 1 rings (SSSR count). The van der Waals surface area contributed by atoms with E-state index in [2.05, 4.69) is 5.32 Å². The molecule has 1 atom stereocenters. The molecule has 106 valence electrons. The number of rotatable bonds is 5. The van der Waals surface area contributed by atoms with Crippen LogP contribution in [0.15, 0.2) is 0 Å². The first kappa shape index (κ1) is 15.2. The van der Waals surface area contributed by atoms with Gasteiger partial charge >= 0.3 is 6.09 Å². The molecule has 1 aliphatic rings. The first-order valence-corrected chi connectivity index (χ1v) is 6.72. The highest BCUT2D eigenvalue weighted by Gasteiger charge is 2.29. The average molecular weight is 258 g/mol. The fraction of sp³-hybridized carbons (Fsp3) is 0.923. The maximum absolute atomic E-state index is 11.8. The molecule has 1 amide bonds. The van der Waals surface area contributed by atoms with Crippen LogP contribution in [0.1, 0.15) is 33.6 Å². The molecule has 5 nitrogen and oxygen atoms in total. The quantitative estimate of drug-likeness (QED) is 0.728. The minimum Gasteiger partial charge on any atom is -0.444 e. The van der Waals surface area contributed by atoms with Gasteiger partial charge in [0.2, 0.25) is 0 Å². The largest absolute Gasteiger partial charge is 0.444 e. The molecule has 0 aromatic heterocycles. The summed E-state index contributed by atoms with van der Waals surface area (Å²) in [4.78, 5) is 13.6. The topological polar surface area (TPSA) is 61.8 Å². The van der Waals surface area contributed by atoms with E-state index in [0.717, 1.165) is 39.0 Å². The normalized spacial score (nSPS) is 20.2. The molecular weight excluding hydrogens is 232 g/mol. The highest BCUT2D eigenvalue weighted by Crippen LogP contribution is 2.18. The van der Waals surface area contributed by atoms with Crippen LogP contribution < -0.4 is 5.32 Å². The maximum atomic E-state index is 11.8.